The Morgan fingerprint density at radius 1 is 1.07 bits per heavy atom. The van der Waals surface area contributed by atoms with E-state index in [0.717, 1.165) is 23.1 Å². The fourth-order valence-electron chi connectivity index (χ4n) is 3.13. The third-order valence-corrected chi connectivity index (χ3v) is 5.86. The smallest absolute Gasteiger partial charge is 0.266 e. The van der Waals surface area contributed by atoms with Crippen LogP contribution in [0, 0.1) is 0 Å². The lowest BCUT2D eigenvalue weighted by atomic mass is 10.2. The lowest BCUT2D eigenvalue weighted by Gasteiger charge is -2.13. The molecule has 2 aromatic heterocycles. The van der Waals surface area contributed by atoms with Crippen molar-refractivity contribution in [3.8, 4) is 11.4 Å². The van der Waals surface area contributed by atoms with Crippen molar-refractivity contribution in [3.63, 3.8) is 0 Å². The molecule has 0 amide bonds. The van der Waals surface area contributed by atoms with E-state index >= 15 is 0 Å². The van der Waals surface area contributed by atoms with Gasteiger partial charge in [0.1, 0.15) is 16.0 Å². The van der Waals surface area contributed by atoms with Crippen LogP contribution in [0.4, 0.5) is 0 Å². The first-order valence-corrected chi connectivity index (χ1v) is 10.0. The van der Waals surface area contributed by atoms with Gasteiger partial charge < -0.3 is 0 Å². The van der Waals surface area contributed by atoms with Crippen molar-refractivity contribution in [1.29, 1.82) is 0 Å². The van der Waals surface area contributed by atoms with Crippen LogP contribution in [0.1, 0.15) is 19.8 Å². The summed E-state index contributed by atoms with van der Waals surface area (Å²) in [4.78, 5) is 31.4. The molecule has 6 heteroatoms. The molecule has 0 atom stereocenters. The molecule has 0 unspecified atom stereocenters. The molecule has 136 valence electrons. The van der Waals surface area contributed by atoms with E-state index < -0.39 is 0 Å². The zero-order chi connectivity index (χ0) is 19.0. The van der Waals surface area contributed by atoms with Crippen molar-refractivity contribution in [3.05, 3.63) is 74.1 Å². The number of unbranched alkanes of at least 4 members (excludes halogenated alkanes) is 1. The summed E-state index contributed by atoms with van der Waals surface area (Å²) in [5, 5.41) is 1.36. The number of aromatic nitrogens is 2. The van der Waals surface area contributed by atoms with Gasteiger partial charge in [-0.05, 0) is 42.8 Å². The van der Waals surface area contributed by atoms with E-state index in [1.807, 2.05) is 30.3 Å². The first-order chi connectivity index (χ1) is 13.1. The van der Waals surface area contributed by atoms with E-state index in [2.05, 4.69) is 6.92 Å². The second-order valence-electron chi connectivity index (χ2n) is 6.36. The predicted octanol–water partition coefficient (Wildman–Crippen LogP) is 5.09. The molecule has 0 saturated carbocycles. The third-order valence-electron chi connectivity index (χ3n) is 4.54. The summed E-state index contributed by atoms with van der Waals surface area (Å²) in [5.74, 6) is 0.573. The Labute approximate surface area is 164 Å². The number of halogens is 1. The molecule has 0 spiro atoms. The number of hydrogen-bond donors (Lipinski definition) is 0. The second-order valence-corrected chi connectivity index (χ2v) is 7.83. The largest absolute Gasteiger partial charge is 0.292 e. The molecule has 0 radical (unpaired) electrons. The maximum atomic E-state index is 13.3. The summed E-state index contributed by atoms with van der Waals surface area (Å²) < 4.78 is 2.45. The molecule has 4 rings (SSSR count). The van der Waals surface area contributed by atoms with Crippen molar-refractivity contribution in [1.82, 2.24) is 9.55 Å². The average Bonchev–Trinajstić information content (AvgIpc) is 2.68. The van der Waals surface area contributed by atoms with Crippen LogP contribution in [-0.4, -0.2) is 9.55 Å². The van der Waals surface area contributed by atoms with Crippen molar-refractivity contribution in [2.45, 2.75) is 26.3 Å². The molecule has 2 heterocycles. The van der Waals surface area contributed by atoms with Gasteiger partial charge in [-0.15, -0.1) is 11.3 Å². The van der Waals surface area contributed by atoms with E-state index in [1.165, 1.54) is 11.3 Å². The normalized spacial score (nSPS) is 11.3. The Balaban J connectivity index is 2.10. The van der Waals surface area contributed by atoms with Crippen LogP contribution in [0.25, 0.3) is 31.7 Å². The van der Waals surface area contributed by atoms with Crippen LogP contribution in [0.2, 0.25) is 5.02 Å². The van der Waals surface area contributed by atoms with Crippen LogP contribution >= 0.6 is 22.9 Å². The van der Waals surface area contributed by atoms with Gasteiger partial charge in [-0.1, -0.05) is 37.1 Å². The Hall–Kier alpha value is -2.50. The van der Waals surface area contributed by atoms with Crippen LogP contribution in [0.5, 0.6) is 0 Å². The quantitative estimate of drug-likeness (QED) is 0.451. The highest BCUT2D eigenvalue weighted by atomic mass is 35.5. The maximum absolute atomic E-state index is 13.3. The number of fused-ring (bicyclic) bond motifs is 2. The zero-order valence-corrected chi connectivity index (χ0v) is 16.3. The van der Waals surface area contributed by atoms with E-state index in [1.54, 1.807) is 22.8 Å². The third kappa shape index (κ3) is 3.17. The first-order valence-electron chi connectivity index (χ1n) is 8.82. The molecule has 0 bridgehead atoms. The highest BCUT2D eigenvalue weighted by Crippen LogP contribution is 2.25. The highest BCUT2D eigenvalue weighted by Gasteiger charge is 2.17. The van der Waals surface area contributed by atoms with Crippen LogP contribution in [0.15, 0.2) is 58.1 Å². The van der Waals surface area contributed by atoms with E-state index in [4.69, 9.17) is 16.6 Å². The fraction of sp³-hybridized carbons (Fsp3) is 0.190. The first kappa shape index (κ1) is 17.9. The van der Waals surface area contributed by atoms with Gasteiger partial charge in [0.2, 0.25) is 5.43 Å². The Kier molecular flexibility index (Phi) is 4.81. The summed E-state index contributed by atoms with van der Waals surface area (Å²) >= 11 is 7.38. The van der Waals surface area contributed by atoms with Gasteiger partial charge in [-0.2, -0.15) is 0 Å². The lowest BCUT2D eigenvalue weighted by Crippen LogP contribution is -2.27. The molecule has 4 nitrogen and oxygen atoms in total. The Morgan fingerprint density at radius 2 is 1.81 bits per heavy atom. The number of rotatable bonds is 4. The molecule has 4 aromatic rings. The summed E-state index contributed by atoms with van der Waals surface area (Å²) in [6.45, 7) is 2.59. The average molecular weight is 397 g/mol. The zero-order valence-electron chi connectivity index (χ0n) is 14.7. The van der Waals surface area contributed by atoms with Gasteiger partial charge in [0, 0.05) is 27.2 Å². The van der Waals surface area contributed by atoms with Gasteiger partial charge in [0.15, 0.2) is 0 Å². The molecular weight excluding hydrogens is 380 g/mol. The SMILES string of the molecule is CCCCn1c(-c2ccc(Cl)cc2)nc2sc3ccccc3c(=O)c2c1=O. The summed E-state index contributed by atoms with van der Waals surface area (Å²) in [5.41, 5.74) is 0.289. The minimum atomic E-state index is -0.273. The minimum Gasteiger partial charge on any atom is -0.292 e. The molecule has 0 fully saturated rings. The van der Waals surface area contributed by atoms with Crippen molar-refractivity contribution < 1.29 is 0 Å². The second kappa shape index (κ2) is 7.25. The van der Waals surface area contributed by atoms with Gasteiger partial charge in [0.05, 0.1) is 0 Å². The standard InChI is InChI=1S/C21H17ClN2O2S/c1-2-3-12-24-19(13-8-10-14(22)11-9-13)23-20-17(21(24)26)18(25)15-6-4-5-7-16(15)27-20/h4-11H,2-3,12H2,1H3. The van der Waals surface area contributed by atoms with Gasteiger partial charge >= 0.3 is 0 Å². The molecule has 27 heavy (non-hydrogen) atoms. The molecule has 2 aromatic carbocycles. The highest BCUT2D eigenvalue weighted by molar-refractivity contribution is 7.24. The number of hydrogen-bond acceptors (Lipinski definition) is 4. The van der Waals surface area contributed by atoms with Crippen molar-refractivity contribution in [2.24, 2.45) is 0 Å². The predicted molar refractivity (Wildman–Crippen MR) is 113 cm³/mol. The van der Waals surface area contributed by atoms with Crippen LogP contribution in [-0.2, 0) is 6.54 Å². The molecule has 0 aliphatic carbocycles. The monoisotopic (exact) mass is 396 g/mol. The van der Waals surface area contributed by atoms with Crippen LogP contribution < -0.4 is 11.0 Å². The Morgan fingerprint density at radius 3 is 2.56 bits per heavy atom. The van der Waals surface area contributed by atoms with Crippen molar-refractivity contribution in [2.75, 3.05) is 0 Å². The van der Waals surface area contributed by atoms with E-state index in [0.29, 0.717) is 27.6 Å². The maximum Gasteiger partial charge on any atom is 0.266 e. The number of nitrogens with zero attached hydrogens (tertiary/aromatic N) is 2. The van der Waals surface area contributed by atoms with Crippen molar-refractivity contribution >= 4 is 43.2 Å². The Bertz CT molecular complexity index is 1260. The van der Waals surface area contributed by atoms with Gasteiger partial charge in [-0.3, -0.25) is 14.2 Å². The lowest BCUT2D eigenvalue weighted by molar-refractivity contribution is 0.615. The fourth-order valence-corrected chi connectivity index (χ4v) is 4.29. The summed E-state index contributed by atoms with van der Waals surface area (Å²) in [7, 11) is 0. The molecule has 0 saturated heterocycles. The minimum absolute atomic E-state index is 0.174. The molecule has 0 aliphatic rings. The topological polar surface area (TPSA) is 52.0 Å². The number of benzene rings is 2. The molecule has 0 N–H and O–H groups in total. The summed E-state index contributed by atoms with van der Waals surface area (Å²) in [6, 6.07) is 14.6. The summed E-state index contributed by atoms with van der Waals surface area (Å²) in [6.07, 6.45) is 1.77. The van der Waals surface area contributed by atoms with E-state index in [-0.39, 0.29) is 16.4 Å². The van der Waals surface area contributed by atoms with Gasteiger partial charge in [-0.25, -0.2) is 4.98 Å². The molecular formula is C21H17ClN2O2S. The van der Waals surface area contributed by atoms with E-state index in [9.17, 15) is 9.59 Å². The molecule has 0 aliphatic heterocycles. The van der Waals surface area contributed by atoms with Crippen LogP contribution in [0.3, 0.4) is 0 Å². The van der Waals surface area contributed by atoms with Gasteiger partial charge in [0.25, 0.3) is 5.56 Å².